The topological polar surface area (TPSA) is 70.7 Å². The first-order valence-electron chi connectivity index (χ1n) is 6.10. The molecule has 108 valence electrons. The molecule has 2 aliphatic heterocycles. The smallest absolute Gasteiger partial charge is 0.228 e. The van der Waals surface area contributed by atoms with E-state index in [1.807, 2.05) is 7.05 Å². The molecule has 0 spiro atoms. The van der Waals surface area contributed by atoms with Crippen molar-refractivity contribution in [3.8, 4) is 0 Å². The molecule has 2 atom stereocenters. The van der Waals surface area contributed by atoms with Gasteiger partial charge in [0.15, 0.2) is 0 Å². The monoisotopic (exact) mass is 299 g/mol. The van der Waals surface area contributed by atoms with E-state index in [2.05, 4.69) is 15.2 Å². The standard InChI is InChI=1S/C10H21N3O3S.ClH/c1-13-5-2-3-10(7-13)17(14,15)12-11-9-4-6-16-8-9;/h9-12H,2-8H2,1H3;1H. The second-order valence-corrected chi connectivity index (χ2v) is 6.84. The molecule has 2 saturated heterocycles. The summed E-state index contributed by atoms with van der Waals surface area (Å²) in [6, 6.07) is 0.103. The lowest BCUT2D eigenvalue weighted by atomic mass is 10.1. The van der Waals surface area contributed by atoms with E-state index in [0.717, 1.165) is 25.8 Å². The molecule has 8 heteroatoms. The molecule has 0 aromatic rings. The third-order valence-corrected chi connectivity index (χ3v) is 5.02. The van der Waals surface area contributed by atoms with Gasteiger partial charge in [-0.25, -0.2) is 13.8 Å². The Balaban J connectivity index is 0.00000162. The van der Waals surface area contributed by atoms with Crippen LogP contribution in [-0.4, -0.2) is 58.0 Å². The number of nitrogens with one attached hydrogen (secondary N) is 2. The fraction of sp³-hybridized carbons (Fsp3) is 1.00. The van der Waals surface area contributed by atoms with Crippen molar-refractivity contribution < 1.29 is 13.2 Å². The lowest BCUT2D eigenvalue weighted by Crippen LogP contribution is -2.51. The normalized spacial score (nSPS) is 30.1. The number of hydrogen-bond acceptors (Lipinski definition) is 5. The first-order valence-corrected chi connectivity index (χ1v) is 7.65. The summed E-state index contributed by atoms with van der Waals surface area (Å²) in [5.74, 6) is 0. The van der Waals surface area contributed by atoms with Gasteiger partial charge in [-0.15, -0.1) is 12.4 Å². The van der Waals surface area contributed by atoms with Gasteiger partial charge in [-0.05, 0) is 32.9 Å². The van der Waals surface area contributed by atoms with Crippen LogP contribution in [0, 0.1) is 0 Å². The van der Waals surface area contributed by atoms with E-state index >= 15 is 0 Å². The van der Waals surface area contributed by atoms with E-state index in [1.54, 1.807) is 0 Å². The molecule has 2 unspecified atom stereocenters. The van der Waals surface area contributed by atoms with Crippen LogP contribution >= 0.6 is 12.4 Å². The third-order valence-electron chi connectivity index (χ3n) is 3.36. The van der Waals surface area contributed by atoms with E-state index in [9.17, 15) is 8.42 Å². The predicted octanol–water partition coefficient (Wildman–Crippen LogP) is -0.285. The molecule has 18 heavy (non-hydrogen) atoms. The van der Waals surface area contributed by atoms with E-state index in [-0.39, 0.29) is 23.7 Å². The second kappa shape index (κ2) is 7.02. The Morgan fingerprint density at radius 2 is 2.11 bits per heavy atom. The van der Waals surface area contributed by atoms with Gasteiger partial charge in [-0.1, -0.05) is 0 Å². The van der Waals surface area contributed by atoms with Gasteiger partial charge >= 0.3 is 0 Å². The highest BCUT2D eigenvalue weighted by molar-refractivity contribution is 7.90. The van der Waals surface area contributed by atoms with Crippen molar-refractivity contribution in [1.82, 2.24) is 15.2 Å². The molecular formula is C10H22ClN3O3S. The van der Waals surface area contributed by atoms with Crippen molar-refractivity contribution in [3.05, 3.63) is 0 Å². The molecular weight excluding hydrogens is 278 g/mol. The molecule has 0 amide bonds. The highest BCUT2D eigenvalue weighted by Gasteiger charge is 2.30. The van der Waals surface area contributed by atoms with Crippen LogP contribution in [0.15, 0.2) is 0 Å². The van der Waals surface area contributed by atoms with Gasteiger partial charge in [0.2, 0.25) is 10.0 Å². The maximum Gasteiger partial charge on any atom is 0.228 e. The van der Waals surface area contributed by atoms with E-state index in [4.69, 9.17) is 4.74 Å². The number of nitrogens with zero attached hydrogens (tertiary/aromatic N) is 1. The molecule has 0 aliphatic carbocycles. The molecule has 0 saturated carbocycles. The van der Waals surface area contributed by atoms with Gasteiger partial charge in [0.1, 0.15) is 0 Å². The number of likely N-dealkylation sites (tertiary alicyclic amines) is 1. The summed E-state index contributed by atoms with van der Waals surface area (Å²) in [6.07, 6.45) is 2.53. The fourth-order valence-corrected chi connectivity index (χ4v) is 3.69. The number of halogens is 1. The quantitative estimate of drug-likeness (QED) is 0.699. The van der Waals surface area contributed by atoms with Crippen LogP contribution < -0.4 is 10.3 Å². The highest BCUT2D eigenvalue weighted by atomic mass is 35.5. The minimum absolute atomic E-state index is 0. The van der Waals surface area contributed by atoms with Crippen molar-refractivity contribution in [2.75, 3.05) is 33.4 Å². The number of hydrogen-bond donors (Lipinski definition) is 2. The van der Waals surface area contributed by atoms with Gasteiger partial charge in [-0.3, -0.25) is 0 Å². The van der Waals surface area contributed by atoms with Crippen LogP contribution in [0.3, 0.4) is 0 Å². The molecule has 2 heterocycles. The first-order chi connectivity index (χ1) is 8.08. The number of ether oxygens (including phenoxy) is 1. The Labute approximate surface area is 115 Å². The molecule has 0 aromatic carbocycles. The zero-order valence-electron chi connectivity index (χ0n) is 10.6. The number of hydrazine groups is 1. The van der Waals surface area contributed by atoms with E-state index in [1.165, 1.54) is 0 Å². The number of rotatable bonds is 4. The Morgan fingerprint density at radius 3 is 2.72 bits per heavy atom. The van der Waals surface area contributed by atoms with Crippen LogP contribution in [0.1, 0.15) is 19.3 Å². The minimum Gasteiger partial charge on any atom is -0.380 e. The summed E-state index contributed by atoms with van der Waals surface area (Å²) < 4.78 is 29.3. The van der Waals surface area contributed by atoms with Crippen molar-refractivity contribution in [3.63, 3.8) is 0 Å². The maximum absolute atomic E-state index is 12.0. The molecule has 2 rings (SSSR count). The zero-order valence-corrected chi connectivity index (χ0v) is 12.2. The summed E-state index contributed by atoms with van der Waals surface area (Å²) in [4.78, 5) is 4.57. The van der Waals surface area contributed by atoms with Crippen molar-refractivity contribution in [2.45, 2.75) is 30.6 Å². The predicted molar refractivity (Wildman–Crippen MR) is 72.2 cm³/mol. The maximum atomic E-state index is 12.0. The van der Waals surface area contributed by atoms with Crippen LogP contribution in [0.25, 0.3) is 0 Å². The van der Waals surface area contributed by atoms with Crippen LogP contribution in [0.2, 0.25) is 0 Å². The summed E-state index contributed by atoms with van der Waals surface area (Å²) in [6.45, 7) is 2.87. The highest BCUT2D eigenvalue weighted by Crippen LogP contribution is 2.14. The van der Waals surface area contributed by atoms with Gasteiger partial charge < -0.3 is 9.64 Å². The molecule has 0 radical (unpaired) electrons. The average molecular weight is 300 g/mol. The molecule has 2 fully saturated rings. The first kappa shape index (κ1) is 16.1. The Hall–Kier alpha value is 0.0800. The summed E-state index contributed by atoms with van der Waals surface area (Å²) in [5.41, 5.74) is 2.85. The summed E-state index contributed by atoms with van der Waals surface area (Å²) in [7, 11) is -1.30. The van der Waals surface area contributed by atoms with Crippen molar-refractivity contribution in [2.24, 2.45) is 0 Å². The SMILES string of the molecule is CN1CCCC(S(=O)(=O)NNC2CCOC2)C1.Cl. The lowest BCUT2D eigenvalue weighted by molar-refractivity contribution is 0.189. The number of sulfonamides is 1. The third kappa shape index (κ3) is 4.32. The van der Waals surface area contributed by atoms with Gasteiger partial charge in [0, 0.05) is 19.2 Å². The summed E-state index contributed by atoms with van der Waals surface area (Å²) >= 11 is 0. The Morgan fingerprint density at radius 1 is 1.33 bits per heavy atom. The Kier molecular flexibility index (Phi) is 6.29. The van der Waals surface area contributed by atoms with Crippen LogP contribution in [-0.2, 0) is 14.8 Å². The summed E-state index contributed by atoms with van der Waals surface area (Å²) in [5, 5.41) is -0.309. The van der Waals surface area contributed by atoms with Gasteiger partial charge in [0.25, 0.3) is 0 Å². The van der Waals surface area contributed by atoms with Crippen LogP contribution in [0.4, 0.5) is 0 Å². The molecule has 6 nitrogen and oxygen atoms in total. The zero-order chi connectivity index (χ0) is 12.3. The van der Waals surface area contributed by atoms with Gasteiger partial charge in [0.05, 0.1) is 11.9 Å². The minimum atomic E-state index is -3.26. The lowest BCUT2D eigenvalue weighted by Gasteiger charge is -2.29. The molecule has 2 aliphatic rings. The molecule has 2 N–H and O–H groups in total. The van der Waals surface area contributed by atoms with Crippen molar-refractivity contribution >= 4 is 22.4 Å². The number of piperidine rings is 1. The average Bonchev–Trinajstić information content (AvgIpc) is 2.79. The molecule has 0 aromatic heterocycles. The molecule has 0 bridgehead atoms. The van der Waals surface area contributed by atoms with E-state index in [0.29, 0.717) is 19.8 Å². The van der Waals surface area contributed by atoms with Crippen molar-refractivity contribution in [1.29, 1.82) is 0 Å². The van der Waals surface area contributed by atoms with Gasteiger partial charge in [-0.2, -0.15) is 4.83 Å². The largest absolute Gasteiger partial charge is 0.380 e. The second-order valence-electron chi connectivity index (χ2n) is 4.88. The van der Waals surface area contributed by atoms with E-state index < -0.39 is 10.0 Å². The Bertz CT molecular complexity index is 346. The fourth-order valence-electron chi connectivity index (χ4n) is 2.27. The van der Waals surface area contributed by atoms with Crippen LogP contribution in [0.5, 0.6) is 0 Å².